The van der Waals surface area contributed by atoms with Gasteiger partial charge in [0, 0.05) is 5.56 Å². The van der Waals surface area contributed by atoms with Crippen molar-refractivity contribution in [1.29, 1.82) is 0 Å². The van der Waals surface area contributed by atoms with Gasteiger partial charge in [0.05, 0.1) is 13.2 Å². The molecule has 0 spiro atoms. The molecule has 6 heteroatoms. The van der Waals surface area contributed by atoms with E-state index >= 15 is 0 Å². The lowest BCUT2D eigenvalue weighted by Crippen LogP contribution is -2.15. The minimum Gasteiger partial charge on any atom is -0.314 e. The van der Waals surface area contributed by atoms with Crippen LogP contribution in [0.4, 0.5) is 0 Å². The molecule has 5 nitrogen and oxygen atoms in total. The van der Waals surface area contributed by atoms with E-state index < -0.39 is 13.4 Å². The molecular formula is C12H18NO4P. The van der Waals surface area contributed by atoms with Crippen molar-refractivity contribution in [2.75, 3.05) is 13.2 Å². The van der Waals surface area contributed by atoms with Crippen LogP contribution in [0.15, 0.2) is 24.3 Å². The molecule has 100 valence electrons. The topological polar surface area (TPSA) is 78.6 Å². The number of rotatable bonds is 7. The third kappa shape index (κ3) is 3.50. The van der Waals surface area contributed by atoms with Crippen molar-refractivity contribution >= 4 is 13.9 Å². The Balaban J connectivity index is 2.97. The second kappa shape index (κ2) is 6.81. The lowest BCUT2D eigenvalue weighted by Gasteiger charge is -2.23. The third-order valence-electron chi connectivity index (χ3n) is 2.37. The van der Waals surface area contributed by atoms with Crippen LogP contribution < -0.4 is 5.73 Å². The van der Waals surface area contributed by atoms with E-state index in [0.717, 1.165) is 6.29 Å². The van der Waals surface area contributed by atoms with Crippen molar-refractivity contribution in [2.45, 2.75) is 19.6 Å². The Kier molecular flexibility index (Phi) is 5.69. The number of hydrogen-bond acceptors (Lipinski definition) is 5. The van der Waals surface area contributed by atoms with Crippen molar-refractivity contribution in [3.05, 3.63) is 35.4 Å². The molecule has 0 aliphatic carbocycles. The van der Waals surface area contributed by atoms with Crippen LogP contribution in [0.2, 0.25) is 0 Å². The highest BCUT2D eigenvalue weighted by Crippen LogP contribution is 2.58. The zero-order chi connectivity index (χ0) is 13.6. The maximum Gasteiger partial charge on any atom is 0.351 e. The number of carbonyl (C=O) groups is 1. The Hall–Kier alpha value is -1.00. The van der Waals surface area contributed by atoms with Crippen LogP contribution in [0.5, 0.6) is 0 Å². The van der Waals surface area contributed by atoms with Gasteiger partial charge in [-0.05, 0) is 19.4 Å². The van der Waals surface area contributed by atoms with Gasteiger partial charge < -0.3 is 14.8 Å². The maximum absolute atomic E-state index is 12.4. The van der Waals surface area contributed by atoms with Crippen LogP contribution in [0.3, 0.4) is 0 Å². The van der Waals surface area contributed by atoms with Crippen LogP contribution in [0.25, 0.3) is 0 Å². The number of aldehydes is 1. The van der Waals surface area contributed by atoms with E-state index in [1.807, 2.05) is 0 Å². The SMILES string of the molecule is CCOP(=O)(OCC)C(N)c1ccc(C=O)cc1. The molecule has 1 atom stereocenters. The molecule has 18 heavy (non-hydrogen) atoms. The molecule has 0 bridgehead atoms. The van der Waals surface area contributed by atoms with Crippen molar-refractivity contribution < 1.29 is 18.4 Å². The molecule has 0 aliphatic rings. The van der Waals surface area contributed by atoms with Crippen LogP contribution in [0, 0.1) is 0 Å². The van der Waals surface area contributed by atoms with Gasteiger partial charge >= 0.3 is 7.60 Å². The molecule has 1 rings (SSSR count). The van der Waals surface area contributed by atoms with Crippen molar-refractivity contribution in [3.8, 4) is 0 Å². The smallest absolute Gasteiger partial charge is 0.314 e. The molecule has 2 N–H and O–H groups in total. The van der Waals surface area contributed by atoms with Crippen LogP contribution in [0.1, 0.15) is 35.6 Å². The summed E-state index contributed by atoms with van der Waals surface area (Å²) in [5.41, 5.74) is 7.09. The van der Waals surface area contributed by atoms with Gasteiger partial charge in [0.15, 0.2) is 0 Å². The Labute approximate surface area is 107 Å². The van der Waals surface area contributed by atoms with E-state index in [-0.39, 0.29) is 13.2 Å². The van der Waals surface area contributed by atoms with E-state index in [0.29, 0.717) is 11.1 Å². The van der Waals surface area contributed by atoms with E-state index in [1.54, 1.807) is 38.1 Å². The van der Waals surface area contributed by atoms with Crippen LogP contribution >= 0.6 is 7.60 Å². The Morgan fingerprint density at radius 1 is 1.22 bits per heavy atom. The minimum absolute atomic E-state index is 0.261. The average molecular weight is 271 g/mol. The molecule has 1 aromatic carbocycles. The minimum atomic E-state index is -3.37. The maximum atomic E-state index is 12.4. The van der Waals surface area contributed by atoms with Gasteiger partial charge in [-0.25, -0.2) is 0 Å². The quantitative estimate of drug-likeness (QED) is 0.609. The molecule has 0 heterocycles. The van der Waals surface area contributed by atoms with E-state index in [9.17, 15) is 9.36 Å². The van der Waals surface area contributed by atoms with Gasteiger partial charge in [-0.1, -0.05) is 24.3 Å². The molecular weight excluding hydrogens is 253 g/mol. The summed E-state index contributed by atoms with van der Waals surface area (Å²) in [5, 5.41) is 0. The monoisotopic (exact) mass is 271 g/mol. The standard InChI is InChI=1S/C12H18NO4P/c1-3-16-18(15,17-4-2)12(13)11-7-5-10(9-14)6-8-11/h5-9,12H,3-4,13H2,1-2H3. The normalized spacial score (nSPS) is 13.3. The third-order valence-corrected chi connectivity index (χ3v) is 4.59. The summed E-state index contributed by atoms with van der Waals surface area (Å²) in [6, 6.07) is 6.53. The second-order valence-corrected chi connectivity index (χ2v) is 5.76. The first-order valence-corrected chi connectivity index (χ1v) is 7.38. The van der Waals surface area contributed by atoms with Crippen molar-refractivity contribution in [3.63, 3.8) is 0 Å². The molecule has 0 saturated heterocycles. The molecule has 1 aromatic rings. The molecule has 1 unspecified atom stereocenters. The number of benzene rings is 1. The zero-order valence-corrected chi connectivity index (χ0v) is 11.4. The number of hydrogen-bond donors (Lipinski definition) is 1. The van der Waals surface area contributed by atoms with Gasteiger partial charge in [0.2, 0.25) is 0 Å². The van der Waals surface area contributed by atoms with E-state index in [4.69, 9.17) is 14.8 Å². The lowest BCUT2D eigenvalue weighted by molar-refractivity contribution is 0.112. The van der Waals surface area contributed by atoms with Gasteiger partial charge in [-0.2, -0.15) is 0 Å². The van der Waals surface area contributed by atoms with Gasteiger partial charge in [-0.3, -0.25) is 9.36 Å². The van der Waals surface area contributed by atoms with Gasteiger partial charge in [0.1, 0.15) is 12.1 Å². The average Bonchev–Trinajstić information content (AvgIpc) is 2.38. The number of carbonyl (C=O) groups excluding carboxylic acids is 1. The summed E-state index contributed by atoms with van der Waals surface area (Å²) >= 11 is 0. The molecule has 0 saturated carbocycles. The lowest BCUT2D eigenvalue weighted by atomic mass is 10.1. The highest BCUT2D eigenvalue weighted by atomic mass is 31.2. The fourth-order valence-electron chi connectivity index (χ4n) is 1.51. The Morgan fingerprint density at radius 3 is 2.11 bits per heavy atom. The molecule has 0 aromatic heterocycles. The summed E-state index contributed by atoms with van der Waals surface area (Å²) in [4.78, 5) is 10.6. The van der Waals surface area contributed by atoms with Gasteiger partial charge in [0.25, 0.3) is 0 Å². The summed E-state index contributed by atoms with van der Waals surface area (Å²) < 4.78 is 22.8. The van der Waals surface area contributed by atoms with Crippen LogP contribution in [-0.2, 0) is 13.6 Å². The fraction of sp³-hybridized carbons (Fsp3) is 0.417. The van der Waals surface area contributed by atoms with Crippen molar-refractivity contribution in [2.24, 2.45) is 5.73 Å². The highest BCUT2D eigenvalue weighted by Gasteiger charge is 2.33. The van der Waals surface area contributed by atoms with E-state index in [1.165, 1.54) is 0 Å². The molecule has 0 amide bonds. The van der Waals surface area contributed by atoms with E-state index in [2.05, 4.69) is 0 Å². The predicted octanol–water partition coefficient (Wildman–Crippen LogP) is 2.72. The Morgan fingerprint density at radius 2 is 1.72 bits per heavy atom. The molecule has 0 aliphatic heterocycles. The summed E-state index contributed by atoms with van der Waals surface area (Å²) in [6.45, 7) is 3.98. The van der Waals surface area contributed by atoms with Crippen molar-refractivity contribution in [1.82, 2.24) is 0 Å². The second-order valence-electron chi connectivity index (χ2n) is 3.60. The molecule has 0 radical (unpaired) electrons. The predicted molar refractivity (Wildman–Crippen MR) is 69.6 cm³/mol. The first-order chi connectivity index (χ1) is 8.57. The fourth-order valence-corrected chi connectivity index (χ4v) is 3.16. The highest BCUT2D eigenvalue weighted by molar-refractivity contribution is 7.54. The zero-order valence-electron chi connectivity index (χ0n) is 10.5. The summed E-state index contributed by atoms with van der Waals surface area (Å²) in [5.74, 6) is -0.849. The molecule has 0 fully saturated rings. The first-order valence-electron chi connectivity index (χ1n) is 5.77. The Bertz CT molecular complexity index is 422. The largest absolute Gasteiger partial charge is 0.351 e. The van der Waals surface area contributed by atoms with Crippen LogP contribution in [-0.4, -0.2) is 19.5 Å². The summed E-state index contributed by atoms with van der Waals surface area (Å²) in [7, 11) is -3.37. The van der Waals surface area contributed by atoms with Gasteiger partial charge in [-0.15, -0.1) is 0 Å². The first kappa shape index (κ1) is 15.1. The summed E-state index contributed by atoms with van der Waals surface area (Å²) in [6.07, 6.45) is 0.736. The number of nitrogens with two attached hydrogens (primary N) is 1.